The molecule has 0 radical (unpaired) electrons. The van der Waals surface area contributed by atoms with Gasteiger partial charge in [0.1, 0.15) is 17.4 Å². The van der Waals surface area contributed by atoms with E-state index >= 15 is 0 Å². The van der Waals surface area contributed by atoms with Crippen LogP contribution in [0.4, 0.5) is 0 Å². The van der Waals surface area contributed by atoms with E-state index < -0.39 is 27.7 Å². The zero-order valence-electron chi connectivity index (χ0n) is 19.3. The first-order chi connectivity index (χ1) is 15.6. The Morgan fingerprint density at radius 1 is 1.09 bits per heavy atom. The molecule has 176 valence electrons. The number of benzene rings is 2. The molecule has 0 amide bonds. The quantitative estimate of drug-likeness (QED) is 0.283. The highest BCUT2D eigenvalue weighted by atomic mass is 32.2. The maximum absolute atomic E-state index is 12.9. The molecular formula is C25H29NO6S. The molecule has 0 saturated heterocycles. The summed E-state index contributed by atoms with van der Waals surface area (Å²) in [4.78, 5) is 24.9. The van der Waals surface area contributed by atoms with Gasteiger partial charge >= 0.3 is 11.6 Å². The Morgan fingerprint density at radius 3 is 2.42 bits per heavy atom. The average Bonchev–Trinajstić information content (AvgIpc) is 2.73. The molecule has 3 aromatic rings. The van der Waals surface area contributed by atoms with Crippen LogP contribution in [0.15, 0.2) is 62.6 Å². The summed E-state index contributed by atoms with van der Waals surface area (Å²) in [6.07, 6.45) is 1.85. The minimum atomic E-state index is -3.92. The number of carbonyl (C=O) groups is 1. The number of sulfonamides is 1. The molecule has 1 heterocycles. The van der Waals surface area contributed by atoms with Crippen molar-refractivity contribution in [3.05, 3.63) is 70.1 Å². The summed E-state index contributed by atoms with van der Waals surface area (Å²) < 4.78 is 38.9. The number of carbonyl (C=O) groups excluding carboxylic acids is 1. The fourth-order valence-electron chi connectivity index (χ4n) is 3.57. The summed E-state index contributed by atoms with van der Waals surface area (Å²) in [6.45, 7) is 7.66. The first-order valence-corrected chi connectivity index (χ1v) is 12.4. The van der Waals surface area contributed by atoms with Crippen molar-refractivity contribution >= 4 is 27.0 Å². The maximum Gasteiger partial charge on any atom is 0.336 e. The SMILES string of the molecule is CCCc1cc(=O)oc2cc(OC(=O)C(CC(C)C)NS(=O)(=O)c3ccc(C)cc3)ccc12. The molecule has 1 N–H and O–H groups in total. The Balaban J connectivity index is 1.86. The van der Waals surface area contributed by atoms with Crippen molar-refractivity contribution in [3.63, 3.8) is 0 Å². The Morgan fingerprint density at radius 2 is 1.79 bits per heavy atom. The van der Waals surface area contributed by atoms with Gasteiger partial charge in [-0.15, -0.1) is 0 Å². The standard InChI is InChI=1S/C25H29NO6S/c1-5-6-18-14-24(27)32-23-15-19(9-12-21(18)23)31-25(28)22(13-16(2)3)26-33(29,30)20-10-7-17(4)8-11-20/h7-12,14-16,22,26H,5-6,13H2,1-4H3. The van der Waals surface area contributed by atoms with Gasteiger partial charge < -0.3 is 9.15 Å². The van der Waals surface area contributed by atoms with Crippen LogP contribution in [-0.2, 0) is 21.2 Å². The predicted molar refractivity (Wildman–Crippen MR) is 127 cm³/mol. The number of hydrogen-bond donors (Lipinski definition) is 1. The number of rotatable bonds is 9. The second kappa shape index (κ2) is 10.3. The van der Waals surface area contributed by atoms with Crippen LogP contribution in [-0.4, -0.2) is 20.4 Å². The van der Waals surface area contributed by atoms with E-state index in [2.05, 4.69) is 4.72 Å². The second-order valence-corrected chi connectivity index (χ2v) is 10.3. The molecule has 0 fully saturated rings. The van der Waals surface area contributed by atoms with Crippen LogP contribution in [0.1, 0.15) is 44.7 Å². The average molecular weight is 472 g/mol. The molecule has 0 spiro atoms. The van der Waals surface area contributed by atoms with Gasteiger partial charge in [-0.3, -0.25) is 0 Å². The zero-order chi connectivity index (χ0) is 24.2. The maximum atomic E-state index is 12.9. The number of hydrogen-bond acceptors (Lipinski definition) is 6. The Kier molecular flexibility index (Phi) is 7.71. The van der Waals surface area contributed by atoms with Gasteiger partial charge in [0.2, 0.25) is 10.0 Å². The molecule has 8 heteroatoms. The molecule has 3 rings (SSSR count). The lowest BCUT2D eigenvalue weighted by atomic mass is 10.0. The molecule has 0 aliphatic rings. The van der Waals surface area contributed by atoms with Crippen LogP contribution in [0.5, 0.6) is 5.75 Å². The summed E-state index contributed by atoms with van der Waals surface area (Å²) in [6, 6.07) is 11.6. The van der Waals surface area contributed by atoms with Gasteiger partial charge in [-0.25, -0.2) is 18.0 Å². The lowest BCUT2D eigenvalue weighted by Crippen LogP contribution is -2.43. The van der Waals surface area contributed by atoms with Gasteiger partial charge in [-0.1, -0.05) is 44.9 Å². The number of nitrogens with one attached hydrogen (secondary N) is 1. The van der Waals surface area contributed by atoms with Gasteiger partial charge in [0.15, 0.2) is 0 Å². The molecule has 0 aliphatic heterocycles. The van der Waals surface area contributed by atoms with Crippen LogP contribution < -0.4 is 15.1 Å². The number of fused-ring (bicyclic) bond motifs is 1. The fraction of sp³-hybridized carbons (Fsp3) is 0.360. The lowest BCUT2D eigenvalue weighted by Gasteiger charge is -2.19. The highest BCUT2D eigenvalue weighted by Crippen LogP contribution is 2.24. The lowest BCUT2D eigenvalue weighted by molar-refractivity contribution is -0.136. The summed E-state index contributed by atoms with van der Waals surface area (Å²) in [5.74, 6) is -0.520. The van der Waals surface area contributed by atoms with Crippen LogP contribution in [0.25, 0.3) is 11.0 Å². The Hall–Kier alpha value is -2.97. The molecule has 0 bridgehead atoms. The van der Waals surface area contributed by atoms with Crippen molar-refractivity contribution in [1.82, 2.24) is 4.72 Å². The van der Waals surface area contributed by atoms with E-state index in [1.54, 1.807) is 24.3 Å². The molecule has 1 aromatic heterocycles. The van der Waals surface area contributed by atoms with Gasteiger partial charge in [0, 0.05) is 17.5 Å². The first-order valence-electron chi connectivity index (χ1n) is 11.0. The molecule has 33 heavy (non-hydrogen) atoms. The van der Waals surface area contributed by atoms with E-state index in [4.69, 9.17) is 9.15 Å². The van der Waals surface area contributed by atoms with Crippen LogP contribution >= 0.6 is 0 Å². The summed E-state index contributed by atoms with van der Waals surface area (Å²) in [5, 5.41) is 0.773. The second-order valence-electron chi connectivity index (χ2n) is 8.54. The Bertz CT molecular complexity index is 1290. The van der Waals surface area contributed by atoms with Crippen LogP contribution in [0.3, 0.4) is 0 Å². The fourth-order valence-corrected chi connectivity index (χ4v) is 4.77. The number of esters is 1. The monoisotopic (exact) mass is 471 g/mol. The summed E-state index contributed by atoms with van der Waals surface area (Å²) in [7, 11) is -3.92. The van der Waals surface area contributed by atoms with Crippen LogP contribution in [0.2, 0.25) is 0 Å². The van der Waals surface area contributed by atoms with Gasteiger partial charge in [-0.2, -0.15) is 4.72 Å². The van der Waals surface area contributed by atoms with Crippen molar-refractivity contribution in [3.8, 4) is 5.75 Å². The van der Waals surface area contributed by atoms with E-state index in [1.165, 1.54) is 24.3 Å². The van der Waals surface area contributed by atoms with Crippen molar-refractivity contribution < 1.29 is 22.4 Å². The van der Waals surface area contributed by atoms with E-state index in [1.807, 2.05) is 27.7 Å². The predicted octanol–water partition coefficient (Wildman–Crippen LogP) is 4.35. The minimum Gasteiger partial charge on any atom is -0.425 e. The van der Waals surface area contributed by atoms with Crippen molar-refractivity contribution in [2.45, 2.75) is 57.9 Å². The third-order valence-corrected chi connectivity index (χ3v) is 6.65. The smallest absolute Gasteiger partial charge is 0.336 e. The molecular weight excluding hydrogens is 442 g/mol. The third kappa shape index (κ3) is 6.30. The molecule has 0 saturated carbocycles. The van der Waals surface area contributed by atoms with Gasteiger partial charge in [-0.05, 0) is 55.5 Å². The topological polar surface area (TPSA) is 103 Å². The summed E-state index contributed by atoms with van der Waals surface area (Å²) in [5.41, 5.74) is 1.64. The first kappa shape index (κ1) is 24.7. The number of aryl methyl sites for hydroxylation is 2. The molecule has 1 atom stereocenters. The van der Waals surface area contributed by atoms with Gasteiger partial charge in [0.25, 0.3) is 0 Å². The minimum absolute atomic E-state index is 0.0366. The third-order valence-electron chi connectivity index (χ3n) is 5.16. The number of ether oxygens (including phenoxy) is 1. The van der Waals surface area contributed by atoms with Crippen molar-refractivity contribution in [2.75, 3.05) is 0 Å². The zero-order valence-corrected chi connectivity index (χ0v) is 20.1. The molecule has 7 nitrogen and oxygen atoms in total. The Labute approximate surface area is 193 Å². The molecule has 1 unspecified atom stereocenters. The van der Waals surface area contributed by atoms with E-state index in [0.29, 0.717) is 5.58 Å². The van der Waals surface area contributed by atoms with E-state index in [0.717, 1.165) is 29.4 Å². The molecule has 2 aromatic carbocycles. The highest BCUT2D eigenvalue weighted by Gasteiger charge is 2.28. The van der Waals surface area contributed by atoms with Gasteiger partial charge in [0.05, 0.1) is 4.90 Å². The largest absolute Gasteiger partial charge is 0.425 e. The van der Waals surface area contributed by atoms with Crippen molar-refractivity contribution in [1.29, 1.82) is 0 Å². The van der Waals surface area contributed by atoms with Crippen LogP contribution in [0, 0.1) is 12.8 Å². The van der Waals surface area contributed by atoms with E-state index in [9.17, 15) is 18.0 Å². The van der Waals surface area contributed by atoms with Crippen molar-refractivity contribution in [2.24, 2.45) is 5.92 Å². The van der Waals surface area contributed by atoms with E-state index in [-0.39, 0.29) is 23.0 Å². The molecule has 0 aliphatic carbocycles. The highest BCUT2D eigenvalue weighted by molar-refractivity contribution is 7.89. The normalized spacial score (nSPS) is 12.8. The summed E-state index contributed by atoms with van der Waals surface area (Å²) >= 11 is 0.